The van der Waals surface area contributed by atoms with Gasteiger partial charge in [0.2, 0.25) is 11.7 Å². The molecular formula is C28H40F2N2O4. The van der Waals surface area contributed by atoms with Gasteiger partial charge in [-0.2, -0.15) is 8.78 Å². The zero-order chi connectivity index (χ0) is 26.6. The molecule has 2 aromatic rings. The smallest absolute Gasteiger partial charge is 0.333 e. The van der Waals surface area contributed by atoms with Gasteiger partial charge in [-0.3, -0.25) is 4.79 Å². The number of carbonyl (C=O) groups excluding carboxylic acids is 1. The van der Waals surface area contributed by atoms with E-state index in [2.05, 4.69) is 10.2 Å². The van der Waals surface area contributed by atoms with E-state index in [9.17, 15) is 9.90 Å². The lowest BCUT2D eigenvalue weighted by molar-refractivity contribution is -0.200. The van der Waals surface area contributed by atoms with Crippen molar-refractivity contribution in [3.63, 3.8) is 0 Å². The highest BCUT2D eigenvalue weighted by molar-refractivity contribution is 5.87. The number of alkyl halides is 2. The normalized spacial score (nSPS) is 22.6. The molecule has 8 heteroatoms. The summed E-state index contributed by atoms with van der Waals surface area (Å²) in [6.07, 6.45) is 2.38. The van der Waals surface area contributed by atoms with Crippen molar-refractivity contribution in [3.8, 4) is 5.75 Å². The number of para-hydroxylation sites is 1. The minimum absolute atomic E-state index is 0.0340. The van der Waals surface area contributed by atoms with E-state index >= 15 is 8.78 Å². The molecule has 2 atom stereocenters. The maximum Gasteiger partial charge on any atom is 0.333 e. The molecule has 1 aromatic carbocycles. The van der Waals surface area contributed by atoms with Crippen LogP contribution in [0, 0.1) is 10.8 Å². The Morgan fingerprint density at radius 3 is 2.47 bits per heavy atom. The van der Waals surface area contributed by atoms with Gasteiger partial charge in [-0.1, -0.05) is 65.7 Å². The summed E-state index contributed by atoms with van der Waals surface area (Å²) in [4.78, 5) is 13.1. The summed E-state index contributed by atoms with van der Waals surface area (Å²) < 4.78 is 42.7. The summed E-state index contributed by atoms with van der Waals surface area (Å²) in [6.45, 7) is 9.83. The number of benzene rings is 1. The number of hydrogen-bond acceptors (Lipinski definition) is 6. The Kier molecular flexibility index (Phi) is 8.59. The molecule has 0 radical (unpaired) electrons. The summed E-state index contributed by atoms with van der Waals surface area (Å²) in [5.41, 5.74) is -3.11. The predicted octanol–water partition coefficient (Wildman–Crippen LogP) is 6.87. The van der Waals surface area contributed by atoms with E-state index in [1.165, 1.54) is 0 Å². The molecule has 200 valence electrons. The zero-order valence-corrected chi connectivity index (χ0v) is 22.2. The number of hydrogen-bond donors (Lipinski definition) is 1. The van der Waals surface area contributed by atoms with Crippen molar-refractivity contribution in [1.82, 2.24) is 10.2 Å². The predicted molar refractivity (Wildman–Crippen MR) is 133 cm³/mol. The van der Waals surface area contributed by atoms with E-state index in [1.807, 2.05) is 52.8 Å². The first-order valence-electron chi connectivity index (χ1n) is 12.9. The van der Waals surface area contributed by atoms with E-state index in [0.29, 0.717) is 31.4 Å². The topological polar surface area (TPSA) is 85.5 Å². The molecule has 1 N–H and O–H groups in total. The number of Topliss-reactive ketones (excluding diaryl/α,β-unsaturated/α-hetero) is 1. The molecule has 1 saturated carbocycles. The Labute approximate surface area is 212 Å². The summed E-state index contributed by atoms with van der Waals surface area (Å²) in [7, 11) is 0. The highest BCUT2D eigenvalue weighted by Gasteiger charge is 2.60. The lowest BCUT2D eigenvalue weighted by Gasteiger charge is -2.39. The fourth-order valence-electron chi connectivity index (χ4n) is 5.67. The van der Waals surface area contributed by atoms with Crippen LogP contribution in [0.15, 0.2) is 34.7 Å². The van der Waals surface area contributed by atoms with Gasteiger partial charge < -0.3 is 14.3 Å². The van der Waals surface area contributed by atoms with Crippen LogP contribution in [-0.2, 0) is 11.4 Å². The molecule has 0 bridgehead atoms. The first kappa shape index (κ1) is 28.2. The largest absolute Gasteiger partial charge is 0.484 e. The maximum atomic E-state index is 15.7. The number of carbonyl (C=O) groups is 1. The van der Waals surface area contributed by atoms with Crippen LogP contribution < -0.4 is 4.74 Å². The van der Waals surface area contributed by atoms with Crippen LogP contribution >= 0.6 is 0 Å². The number of aromatic nitrogens is 2. The molecule has 3 rings (SSSR count). The SMILES string of the molecule is CCCC[C@H](CC(=O)C(F)(F)C1(O)CCC(C)(C)CC(C)(C)C1)c1nnc(COc2ccccc2)o1. The van der Waals surface area contributed by atoms with Gasteiger partial charge in [0.1, 0.15) is 11.4 Å². The van der Waals surface area contributed by atoms with Crippen LogP contribution in [0.3, 0.4) is 0 Å². The third-order valence-corrected chi connectivity index (χ3v) is 7.15. The van der Waals surface area contributed by atoms with Crippen molar-refractivity contribution in [1.29, 1.82) is 0 Å². The van der Waals surface area contributed by atoms with Crippen LogP contribution in [0.25, 0.3) is 0 Å². The van der Waals surface area contributed by atoms with Crippen LogP contribution in [0.2, 0.25) is 0 Å². The van der Waals surface area contributed by atoms with Gasteiger partial charge in [0.15, 0.2) is 6.61 Å². The molecule has 1 unspecified atom stereocenters. The maximum absolute atomic E-state index is 15.7. The van der Waals surface area contributed by atoms with Crippen LogP contribution in [0.5, 0.6) is 5.75 Å². The summed E-state index contributed by atoms with van der Waals surface area (Å²) in [5, 5.41) is 19.3. The monoisotopic (exact) mass is 506 g/mol. The van der Waals surface area contributed by atoms with Crippen LogP contribution in [-0.4, -0.2) is 32.6 Å². The van der Waals surface area contributed by atoms with E-state index in [-0.39, 0.29) is 36.6 Å². The van der Waals surface area contributed by atoms with Crippen molar-refractivity contribution in [2.24, 2.45) is 10.8 Å². The quantitative estimate of drug-likeness (QED) is 0.335. The second-order valence-electron chi connectivity index (χ2n) is 11.9. The summed E-state index contributed by atoms with van der Waals surface area (Å²) >= 11 is 0. The summed E-state index contributed by atoms with van der Waals surface area (Å²) in [6, 6.07) is 9.14. The van der Waals surface area contributed by atoms with Gasteiger partial charge in [-0.05, 0) is 55.1 Å². The molecule has 6 nitrogen and oxygen atoms in total. The number of halogens is 2. The van der Waals surface area contributed by atoms with E-state index in [4.69, 9.17) is 9.15 Å². The number of rotatable bonds is 11. The molecule has 0 spiro atoms. The van der Waals surface area contributed by atoms with Crippen LogP contribution in [0.1, 0.15) is 104 Å². The number of unbranched alkanes of at least 4 members (excludes halogenated alkanes) is 1. The highest BCUT2D eigenvalue weighted by atomic mass is 19.3. The fourth-order valence-corrected chi connectivity index (χ4v) is 5.67. The van der Waals surface area contributed by atoms with Crippen molar-refractivity contribution in [2.45, 2.75) is 110 Å². The first-order chi connectivity index (χ1) is 16.8. The van der Waals surface area contributed by atoms with E-state index in [1.54, 1.807) is 12.1 Å². The number of ketones is 1. The second kappa shape index (κ2) is 11.0. The van der Waals surface area contributed by atoms with Crippen molar-refractivity contribution >= 4 is 5.78 Å². The lowest BCUT2D eigenvalue weighted by atomic mass is 9.72. The van der Waals surface area contributed by atoms with Crippen LogP contribution in [0.4, 0.5) is 8.78 Å². The molecule has 0 saturated heterocycles. The summed E-state index contributed by atoms with van der Waals surface area (Å²) in [5.74, 6) is -4.82. The fraction of sp³-hybridized carbons (Fsp3) is 0.679. The molecule has 1 fully saturated rings. The Morgan fingerprint density at radius 2 is 1.81 bits per heavy atom. The Morgan fingerprint density at radius 1 is 1.11 bits per heavy atom. The molecule has 0 amide bonds. The minimum atomic E-state index is -3.88. The zero-order valence-electron chi connectivity index (χ0n) is 22.2. The van der Waals surface area contributed by atoms with Gasteiger partial charge in [-0.15, -0.1) is 10.2 Å². The van der Waals surface area contributed by atoms with Crippen molar-refractivity contribution < 1.29 is 27.8 Å². The molecular weight excluding hydrogens is 466 g/mol. The average Bonchev–Trinajstić information content (AvgIpc) is 3.24. The Hall–Kier alpha value is -2.35. The molecule has 36 heavy (non-hydrogen) atoms. The standard InChI is InChI=1S/C28H40F2N2O4/c1-6-7-11-20(24-32-31-23(36-24)17-35-21-12-9-8-10-13-21)16-22(33)28(29,30)27(34)15-14-25(2,3)18-26(4,5)19-27/h8-10,12-13,20,34H,6-7,11,14-19H2,1-5H3/t20-,27?/m1/s1. The number of aliphatic hydroxyl groups is 1. The van der Waals surface area contributed by atoms with E-state index < -0.39 is 35.1 Å². The Balaban J connectivity index is 1.75. The minimum Gasteiger partial charge on any atom is -0.484 e. The van der Waals surface area contributed by atoms with Crippen molar-refractivity contribution in [3.05, 3.63) is 42.1 Å². The second-order valence-corrected chi connectivity index (χ2v) is 11.9. The number of ether oxygens (including phenoxy) is 1. The van der Waals surface area contributed by atoms with Gasteiger partial charge in [0.25, 0.3) is 5.89 Å². The van der Waals surface area contributed by atoms with Gasteiger partial charge >= 0.3 is 5.92 Å². The Bertz CT molecular complexity index is 1010. The molecule has 1 aromatic heterocycles. The molecule has 1 aliphatic carbocycles. The molecule has 1 aliphatic rings. The molecule has 1 heterocycles. The highest BCUT2D eigenvalue weighted by Crippen LogP contribution is 2.52. The molecule has 0 aliphatic heterocycles. The van der Waals surface area contributed by atoms with Gasteiger partial charge in [-0.25, -0.2) is 0 Å². The first-order valence-corrected chi connectivity index (χ1v) is 12.9. The lowest BCUT2D eigenvalue weighted by Crippen LogP contribution is -2.55. The van der Waals surface area contributed by atoms with Gasteiger partial charge in [0.05, 0.1) is 0 Å². The van der Waals surface area contributed by atoms with E-state index in [0.717, 1.165) is 6.42 Å². The number of nitrogens with zero attached hydrogens (tertiary/aromatic N) is 2. The average molecular weight is 507 g/mol. The third kappa shape index (κ3) is 6.90. The third-order valence-electron chi connectivity index (χ3n) is 7.15. The van der Waals surface area contributed by atoms with Gasteiger partial charge in [0, 0.05) is 12.3 Å². The van der Waals surface area contributed by atoms with Crippen molar-refractivity contribution in [2.75, 3.05) is 0 Å².